The maximum atomic E-state index is 12.1. The zero-order chi connectivity index (χ0) is 15.5. The second kappa shape index (κ2) is 6.34. The molecule has 1 saturated heterocycles. The summed E-state index contributed by atoms with van der Waals surface area (Å²) in [5, 5.41) is 2.57. The van der Waals surface area contributed by atoms with E-state index in [1.54, 1.807) is 12.4 Å². The first-order chi connectivity index (χ1) is 10.6. The Kier molecular flexibility index (Phi) is 4.27. The Morgan fingerprint density at radius 3 is 3.00 bits per heavy atom. The van der Waals surface area contributed by atoms with E-state index in [1.165, 1.54) is 6.92 Å². The quantitative estimate of drug-likeness (QED) is 0.894. The topological polar surface area (TPSA) is 71.5 Å². The minimum atomic E-state index is -0.175. The maximum absolute atomic E-state index is 12.1. The molecule has 2 amide bonds. The van der Waals surface area contributed by atoms with Gasteiger partial charge in [0.15, 0.2) is 0 Å². The van der Waals surface area contributed by atoms with E-state index in [0.29, 0.717) is 18.4 Å². The first-order valence-corrected chi connectivity index (χ1v) is 7.72. The summed E-state index contributed by atoms with van der Waals surface area (Å²) < 4.78 is 6.05. The summed E-state index contributed by atoms with van der Waals surface area (Å²) in [6.07, 6.45) is 5.70. The van der Waals surface area contributed by atoms with Gasteiger partial charge in [0.1, 0.15) is 11.9 Å². The largest absolute Gasteiger partial charge is 0.488 e. The van der Waals surface area contributed by atoms with Gasteiger partial charge in [0.05, 0.1) is 12.7 Å². The van der Waals surface area contributed by atoms with Gasteiger partial charge in [-0.25, -0.2) is 0 Å². The summed E-state index contributed by atoms with van der Waals surface area (Å²) in [6, 6.07) is 3.77. The Balaban J connectivity index is 1.56. The maximum Gasteiger partial charge on any atom is 0.241 e. The number of aromatic nitrogens is 1. The first-order valence-electron chi connectivity index (χ1n) is 7.72. The van der Waals surface area contributed by atoms with Crippen molar-refractivity contribution in [1.29, 1.82) is 0 Å². The van der Waals surface area contributed by atoms with Crippen LogP contribution in [0.5, 0.6) is 5.75 Å². The average molecular weight is 303 g/mol. The highest BCUT2D eigenvalue weighted by molar-refractivity contribution is 5.83. The molecule has 0 aromatic carbocycles. The van der Waals surface area contributed by atoms with Gasteiger partial charge in [0, 0.05) is 32.1 Å². The molecule has 1 saturated carbocycles. The molecule has 1 aliphatic heterocycles. The van der Waals surface area contributed by atoms with Crippen LogP contribution in [0.2, 0.25) is 0 Å². The van der Waals surface area contributed by atoms with Crippen LogP contribution in [0.15, 0.2) is 24.5 Å². The number of hydrogen-bond donors (Lipinski definition) is 1. The molecular weight excluding hydrogens is 282 g/mol. The van der Waals surface area contributed by atoms with Crippen LogP contribution in [-0.2, 0) is 9.59 Å². The fourth-order valence-electron chi connectivity index (χ4n) is 3.47. The highest BCUT2D eigenvalue weighted by atomic mass is 16.5. The summed E-state index contributed by atoms with van der Waals surface area (Å²) in [4.78, 5) is 28.9. The molecule has 1 aliphatic carbocycles. The molecule has 2 heterocycles. The number of rotatable bonds is 4. The van der Waals surface area contributed by atoms with Crippen molar-refractivity contribution in [2.24, 2.45) is 11.8 Å². The van der Waals surface area contributed by atoms with Crippen LogP contribution in [0.1, 0.15) is 19.8 Å². The molecule has 2 aliphatic rings. The molecule has 1 N–H and O–H groups in total. The van der Waals surface area contributed by atoms with Crippen LogP contribution in [0.4, 0.5) is 0 Å². The number of likely N-dealkylation sites (tertiary alicyclic amines) is 1. The van der Waals surface area contributed by atoms with E-state index in [9.17, 15) is 9.59 Å². The third-order valence-electron chi connectivity index (χ3n) is 4.55. The van der Waals surface area contributed by atoms with Crippen LogP contribution in [0.3, 0.4) is 0 Å². The molecule has 6 nitrogen and oxygen atoms in total. The summed E-state index contributed by atoms with van der Waals surface area (Å²) in [7, 11) is 0. The van der Waals surface area contributed by atoms with Crippen molar-refractivity contribution in [1.82, 2.24) is 15.2 Å². The van der Waals surface area contributed by atoms with E-state index in [1.807, 2.05) is 17.0 Å². The van der Waals surface area contributed by atoms with Crippen molar-refractivity contribution >= 4 is 11.8 Å². The lowest BCUT2D eigenvalue weighted by molar-refractivity contribution is -0.131. The molecule has 2 fully saturated rings. The fourth-order valence-corrected chi connectivity index (χ4v) is 3.47. The molecule has 118 valence electrons. The van der Waals surface area contributed by atoms with Gasteiger partial charge < -0.3 is 15.0 Å². The molecule has 3 rings (SSSR count). The van der Waals surface area contributed by atoms with Crippen molar-refractivity contribution in [2.75, 3.05) is 19.6 Å². The minimum absolute atomic E-state index is 0.00951. The number of nitrogens with zero attached hydrogens (tertiary/aromatic N) is 2. The van der Waals surface area contributed by atoms with Gasteiger partial charge >= 0.3 is 0 Å². The molecule has 22 heavy (non-hydrogen) atoms. The molecule has 1 aromatic heterocycles. The van der Waals surface area contributed by atoms with Crippen molar-refractivity contribution in [2.45, 2.75) is 25.9 Å². The summed E-state index contributed by atoms with van der Waals surface area (Å²) >= 11 is 0. The van der Waals surface area contributed by atoms with E-state index in [2.05, 4.69) is 10.3 Å². The zero-order valence-electron chi connectivity index (χ0n) is 12.7. The normalized spacial score (nSPS) is 26.6. The number of carbonyl (C=O) groups is 2. The van der Waals surface area contributed by atoms with E-state index >= 15 is 0 Å². The fraction of sp³-hybridized carbons (Fsp3) is 0.562. The van der Waals surface area contributed by atoms with Gasteiger partial charge in [-0.05, 0) is 30.9 Å². The molecule has 0 unspecified atom stereocenters. The van der Waals surface area contributed by atoms with Crippen molar-refractivity contribution in [3.8, 4) is 5.75 Å². The van der Waals surface area contributed by atoms with Crippen molar-refractivity contribution in [3.63, 3.8) is 0 Å². The zero-order valence-corrected chi connectivity index (χ0v) is 12.7. The van der Waals surface area contributed by atoms with Crippen molar-refractivity contribution < 1.29 is 14.3 Å². The molecule has 0 radical (unpaired) electrons. The van der Waals surface area contributed by atoms with E-state index in [-0.39, 0.29) is 24.5 Å². The monoisotopic (exact) mass is 303 g/mol. The summed E-state index contributed by atoms with van der Waals surface area (Å²) in [6.45, 7) is 3.00. The second-order valence-corrected chi connectivity index (χ2v) is 6.05. The number of amides is 2. The molecule has 6 heteroatoms. The SMILES string of the molecule is CC(=O)NCC(=O)N1C[C@H]2CC[C@@H](Oc3cccnc3)[C@H]2C1. The van der Waals surface area contributed by atoms with E-state index in [4.69, 9.17) is 4.74 Å². The Morgan fingerprint density at radius 1 is 1.41 bits per heavy atom. The lowest BCUT2D eigenvalue weighted by Crippen LogP contribution is -2.39. The number of hydrogen-bond acceptors (Lipinski definition) is 4. The summed E-state index contributed by atoms with van der Waals surface area (Å²) in [5.74, 6) is 1.48. The van der Waals surface area contributed by atoms with Gasteiger partial charge in [-0.3, -0.25) is 14.6 Å². The lowest BCUT2D eigenvalue weighted by atomic mass is 9.99. The van der Waals surface area contributed by atoms with Crippen LogP contribution in [-0.4, -0.2) is 47.4 Å². The number of nitrogens with one attached hydrogen (secondary N) is 1. The number of carbonyl (C=O) groups excluding carboxylic acids is 2. The average Bonchev–Trinajstić information content (AvgIpc) is 3.08. The Morgan fingerprint density at radius 2 is 2.27 bits per heavy atom. The van der Waals surface area contributed by atoms with E-state index in [0.717, 1.165) is 25.1 Å². The van der Waals surface area contributed by atoms with Crippen LogP contribution < -0.4 is 10.1 Å². The minimum Gasteiger partial charge on any atom is -0.488 e. The lowest BCUT2D eigenvalue weighted by Gasteiger charge is -2.22. The third kappa shape index (κ3) is 3.21. The van der Waals surface area contributed by atoms with Gasteiger partial charge in [-0.2, -0.15) is 0 Å². The highest BCUT2D eigenvalue weighted by Gasteiger charge is 2.45. The molecular formula is C16H21N3O3. The van der Waals surface area contributed by atoms with Crippen LogP contribution in [0.25, 0.3) is 0 Å². The van der Waals surface area contributed by atoms with Gasteiger partial charge in [0.2, 0.25) is 11.8 Å². The van der Waals surface area contributed by atoms with Gasteiger partial charge in [-0.15, -0.1) is 0 Å². The smallest absolute Gasteiger partial charge is 0.241 e. The van der Waals surface area contributed by atoms with E-state index < -0.39 is 0 Å². The standard InChI is InChI=1S/C16H21N3O3/c1-11(20)18-8-16(21)19-9-12-4-5-15(14(12)10-19)22-13-3-2-6-17-7-13/h2-3,6-7,12,14-15H,4-5,8-10H2,1H3,(H,18,20)/t12-,14+,15-/m1/s1. The summed E-state index contributed by atoms with van der Waals surface area (Å²) in [5.41, 5.74) is 0. The number of ether oxygens (including phenoxy) is 1. The first kappa shape index (κ1) is 14.8. The number of pyridine rings is 1. The molecule has 0 spiro atoms. The van der Waals surface area contributed by atoms with Gasteiger partial charge in [-0.1, -0.05) is 0 Å². The predicted octanol–water partition coefficient (Wildman–Crippen LogP) is 0.833. The highest BCUT2D eigenvalue weighted by Crippen LogP contribution is 2.40. The van der Waals surface area contributed by atoms with Crippen LogP contribution in [0, 0.1) is 11.8 Å². The Labute approximate surface area is 129 Å². The van der Waals surface area contributed by atoms with Crippen LogP contribution >= 0.6 is 0 Å². The molecule has 3 atom stereocenters. The predicted molar refractivity (Wildman–Crippen MR) is 80.1 cm³/mol. The molecule has 1 aromatic rings. The third-order valence-corrected chi connectivity index (χ3v) is 4.55. The Bertz CT molecular complexity index is 549. The van der Waals surface area contributed by atoms with Gasteiger partial charge in [0.25, 0.3) is 0 Å². The second-order valence-electron chi connectivity index (χ2n) is 6.05. The molecule has 0 bridgehead atoms. The Hall–Kier alpha value is -2.11. The van der Waals surface area contributed by atoms with Crippen molar-refractivity contribution in [3.05, 3.63) is 24.5 Å². The number of fused-ring (bicyclic) bond motifs is 1.